The molecular weight excluding hydrogens is 953 g/mol. The Kier molecular flexibility index (Phi) is 15.4. The molecule has 0 aromatic heterocycles. The Morgan fingerprint density at radius 3 is 0.987 bits per heavy atom. The molecule has 0 radical (unpaired) electrons. The van der Waals surface area contributed by atoms with Crippen molar-refractivity contribution in [2.45, 2.75) is 111 Å². The summed E-state index contributed by atoms with van der Waals surface area (Å²) in [7, 11) is 0. The van der Waals surface area contributed by atoms with Gasteiger partial charge in [0.15, 0.2) is 0 Å². The van der Waals surface area contributed by atoms with E-state index >= 15 is 0 Å². The average Bonchev–Trinajstić information content (AvgIpc) is 3.85. The van der Waals surface area contributed by atoms with E-state index in [9.17, 15) is 0 Å². The number of aryl methyl sites for hydroxylation is 6. The van der Waals surface area contributed by atoms with Gasteiger partial charge in [0, 0.05) is 39.5 Å². The van der Waals surface area contributed by atoms with E-state index in [0.29, 0.717) is 11.8 Å². The van der Waals surface area contributed by atoms with Crippen molar-refractivity contribution in [1.82, 2.24) is 0 Å². The highest BCUT2D eigenvalue weighted by Gasteiger charge is 2.43. The van der Waals surface area contributed by atoms with Crippen molar-refractivity contribution in [3.05, 3.63) is 286 Å². The molecule has 10 aromatic rings. The number of fused-ring (bicyclic) bond motifs is 3. The van der Waals surface area contributed by atoms with Crippen LogP contribution in [0.1, 0.15) is 121 Å². The van der Waals surface area contributed by atoms with Gasteiger partial charge < -0.3 is 9.80 Å². The Morgan fingerprint density at radius 1 is 0.342 bits per heavy atom. The molecule has 2 atom stereocenters. The molecule has 2 nitrogen and oxygen atoms in total. The van der Waals surface area contributed by atoms with Gasteiger partial charge in [-0.25, -0.2) is 0 Å². The molecule has 0 spiro atoms. The lowest BCUT2D eigenvalue weighted by Gasteiger charge is -2.34. The Balaban J connectivity index is 1.03. The summed E-state index contributed by atoms with van der Waals surface area (Å²) in [6, 6.07) is 87.0. The largest absolute Gasteiger partial charge is 0.310 e. The normalized spacial score (nSPS) is 13.1. The molecule has 1 aliphatic rings. The zero-order valence-corrected chi connectivity index (χ0v) is 47.7. The minimum absolute atomic E-state index is 0.261. The average molecular weight is 1030 g/mol. The van der Waals surface area contributed by atoms with Gasteiger partial charge in [0.1, 0.15) is 0 Å². The van der Waals surface area contributed by atoms with Crippen LogP contribution in [0.3, 0.4) is 0 Å². The van der Waals surface area contributed by atoms with E-state index in [0.717, 1.165) is 49.9 Å². The van der Waals surface area contributed by atoms with E-state index in [1.54, 1.807) is 0 Å². The fourth-order valence-electron chi connectivity index (χ4n) is 12.9. The van der Waals surface area contributed by atoms with E-state index in [-0.39, 0.29) is 5.41 Å². The number of hydrogen-bond donors (Lipinski definition) is 0. The fraction of sp³-hybridized carbons (Fsp3) is 0.221. The number of rotatable bonds is 18. The molecule has 11 rings (SSSR count). The standard InChI is InChI=1S/C77H76N2/c1-9-53(3)61-31-37-67(38-32-61)78(65-27-19-13-20-28-65)69-47-55(5)75(56(6)48-69)63-35-41-71-72-42-36-64(52-74(72)77(73(71)51-63,45-43-59-23-15-11-16-24-59)46-44-60-25-17-12-18-26-60)76-57(7)49-70(50-58(76)8)79(66-29-21-14-22-30-66)68-39-33-62(34-40-68)54(4)10-2/h11-42,47-54H,9-10,43-46H2,1-8H3. The van der Waals surface area contributed by atoms with Gasteiger partial charge >= 0.3 is 0 Å². The summed E-state index contributed by atoms with van der Waals surface area (Å²) in [5.41, 5.74) is 28.1. The van der Waals surface area contributed by atoms with Crippen molar-refractivity contribution in [3.8, 4) is 33.4 Å². The van der Waals surface area contributed by atoms with Crippen molar-refractivity contribution in [3.63, 3.8) is 0 Å². The Labute approximate surface area is 472 Å². The van der Waals surface area contributed by atoms with Crippen LogP contribution in [-0.2, 0) is 18.3 Å². The lowest BCUT2D eigenvalue weighted by Crippen LogP contribution is -2.27. The second-order valence-corrected chi connectivity index (χ2v) is 22.6. The predicted octanol–water partition coefficient (Wildman–Crippen LogP) is 21.8. The molecule has 1 aliphatic carbocycles. The van der Waals surface area contributed by atoms with Crippen molar-refractivity contribution >= 4 is 34.1 Å². The first kappa shape index (κ1) is 52.8. The monoisotopic (exact) mass is 1030 g/mol. The summed E-state index contributed by atoms with van der Waals surface area (Å²) in [5.74, 6) is 1.04. The summed E-state index contributed by atoms with van der Waals surface area (Å²) in [4.78, 5) is 4.84. The molecule has 2 unspecified atom stereocenters. The number of benzene rings is 10. The van der Waals surface area contributed by atoms with Gasteiger partial charge in [-0.3, -0.25) is 0 Å². The lowest BCUT2D eigenvalue weighted by molar-refractivity contribution is 0.446. The van der Waals surface area contributed by atoms with Gasteiger partial charge in [-0.15, -0.1) is 0 Å². The van der Waals surface area contributed by atoms with Crippen molar-refractivity contribution in [2.75, 3.05) is 9.80 Å². The molecule has 0 saturated carbocycles. The zero-order chi connectivity index (χ0) is 54.6. The van der Waals surface area contributed by atoms with Gasteiger partial charge in [0.25, 0.3) is 0 Å². The number of anilines is 6. The molecule has 0 fully saturated rings. The van der Waals surface area contributed by atoms with Gasteiger partial charge in [-0.05, 0) is 252 Å². The van der Waals surface area contributed by atoms with Crippen LogP contribution in [0.25, 0.3) is 33.4 Å². The van der Waals surface area contributed by atoms with Crippen LogP contribution in [-0.4, -0.2) is 0 Å². The Morgan fingerprint density at radius 2 is 0.658 bits per heavy atom. The predicted molar refractivity (Wildman–Crippen MR) is 339 cm³/mol. The first-order chi connectivity index (χ1) is 38.5. The topological polar surface area (TPSA) is 6.48 Å². The first-order valence-electron chi connectivity index (χ1n) is 29.0. The highest BCUT2D eigenvalue weighted by molar-refractivity contribution is 5.89. The molecule has 0 aliphatic heterocycles. The van der Waals surface area contributed by atoms with Crippen LogP contribution in [0.15, 0.2) is 231 Å². The molecule has 0 heterocycles. The van der Waals surface area contributed by atoms with Crippen LogP contribution >= 0.6 is 0 Å². The molecular formula is C77H76N2. The summed E-state index contributed by atoms with van der Waals surface area (Å²) in [6.45, 7) is 18.4. The van der Waals surface area contributed by atoms with Crippen LogP contribution in [0.5, 0.6) is 0 Å². The molecule has 0 amide bonds. The van der Waals surface area contributed by atoms with E-state index in [2.05, 4.69) is 296 Å². The molecule has 0 saturated heterocycles. The zero-order valence-electron chi connectivity index (χ0n) is 47.7. The fourth-order valence-corrected chi connectivity index (χ4v) is 12.9. The maximum absolute atomic E-state index is 2.60. The van der Waals surface area contributed by atoms with Gasteiger partial charge in [0.2, 0.25) is 0 Å². The third-order valence-electron chi connectivity index (χ3n) is 17.5. The highest BCUT2D eigenvalue weighted by Crippen LogP contribution is 2.56. The Hall–Kier alpha value is -8.20. The second kappa shape index (κ2) is 23.0. The molecule has 0 bridgehead atoms. The summed E-state index contributed by atoms with van der Waals surface area (Å²) in [6.07, 6.45) is 6.18. The molecule has 2 heteroatoms. The molecule has 0 N–H and O–H groups in total. The summed E-state index contributed by atoms with van der Waals surface area (Å²) >= 11 is 0. The quantitative estimate of drug-likeness (QED) is 0.0845. The SMILES string of the molecule is CCC(C)c1ccc(N(c2ccccc2)c2cc(C)c(-c3ccc4c(c3)C(CCc3ccccc3)(CCc3ccccc3)c3cc(-c5c(C)cc(N(c6ccccc6)c6ccc(C(C)CC)cc6)cc5C)ccc3-4)c(C)c2)cc1. The smallest absolute Gasteiger partial charge is 0.0467 e. The molecule has 10 aromatic carbocycles. The van der Waals surface area contributed by atoms with Crippen molar-refractivity contribution in [2.24, 2.45) is 0 Å². The minimum Gasteiger partial charge on any atom is -0.310 e. The third-order valence-corrected chi connectivity index (χ3v) is 17.5. The van der Waals surface area contributed by atoms with E-state index < -0.39 is 0 Å². The molecule has 394 valence electrons. The van der Waals surface area contributed by atoms with E-state index in [1.807, 2.05) is 0 Å². The first-order valence-corrected chi connectivity index (χ1v) is 29.0. The number of para-hydroxylation sites is 2. The van der Waals surface area contributed by atoms with Crippen molar-refractivity contribution in [1.29, 1.82) is 0 Å². The van der Waals surface area contributed by atoms with Crippen LogP contribution < -0.4 is 9.80 Å². The Bertz CT molecular complexity index is 3400. The van der Waals surface area contributed by atoms with Gasteiger partial charge in [0.05, 0.1) is 0 Å². The third kappa shape index (κ3) is 10.6. The van der Waals surface area contributed by atoms with Crippen LogP contribution in [0, 0.1) is 27.7 Å². The van der Waals surface area contributed by atoms with Crippen LogP contribution in [0.2, 0.25) is 0 Å². The van der Waals surface area contributed by atoms with E-state index in [4.69, 9.17) is 0 Å². The number of nitrogens with zero attached hydrogens (tertiary/aromatic N) is 2. The maximum atomic E-state index is 2.60. The van der Waals surface area contributed by atoms with Gasteiger partial charge in [-0.2, -0.15) is 0 Å². The van der Waals surface area contributed by atoms with E-state index in [1.165, 1.54) is 112 Å². The lowest BCUT2D eigenvalue weighted by atomic mass is 9.69. The number of hydrogen-bond acceptors (Lipinski definition) is 2. The second-order valence-electron chi connectivity index (χ2n) is 22.6. The summed E-state index contributed by atoms with van der Waals surface area (Å²) < 4.78 is 0. The molecule has 79 heavy (non-hydrogen) atoms. The highest BCUT2D eigenvalue weighted by atomic mass is 15.1. The van der Waals surface area contributed by atoms with Gasteiger partial charge in [-0.1, -0.05) is 173 Å². The summed E-state index contributed by atoms with van der Waals surface area (Å²) in [5, 5.41) is 0. The maximum Gasteiger partial charge on any atom is 0.0467 e. The van der Waals surface area contributed by atoms with Crippen molar-refractivity contribution < 1.29 is 0 Å². The van der Waals surface area contributed by atoms with Crippen LogP contribution in [0.4, 0.5) is 34.1 Å². The minimum atomic E-state index is -0.261.